The lowest BCUT2D eigenvalue weighted by molar-refractivity contribution is -0.117. The molecule has 1 aliphatic rings. The van der Waals surface area contributed by atoms with E-state index in [1.165, 1.54) is 4.90 Å². The van der Waals surface area contributed by atoms with Crippen LogP contribution in [-0.4, -0.2) is 22.3 Å². The first-order chi connectivity index (χ1) is 7.08. The Morgan fingerprint density at radius 3 is 2.87 bits per heavy atom. The SMILES string of the molecule is O=C1CC(Br)CN1c1ccc(I)c(F)n1. The van der Waals surface area contributed by atoms with Crippen molar-refractivity contribution < 1.29 is 9.18 Å². The van der Waals surface area contributed by atoms with Crippen LogP contribution in [0.5, 0.6) is 0 Å². The predicted octanol–water partition coefficient (Wildman–Crippen LogP) is 2.33. The highest BCUT2D eigenvalue weighted by Crippen LogP contribution is 2.24. The van der Waals surface area contributed by atoms with Gasteiger partial charge in [0.1, 0.15) is 5.82 Å². The van der Waals surface area contributed by atoms with Gasteiger partial charge in [-0.25, -0.2) is 4.98 Å². The molecule has 15 heavy (non-hydrogen) atoms. The first-order valence-electron chi connectivity index (χ1n) is 4.34. The maximum Gasteiger partial charge on any atom is 0.229 e. The van der Waals surface area contributed by atoms with Crippen LogP contribution in [0.25, 0.3) is 0 Å². The molecule has 0 spiro atoms. The number of carbonyl (C=O) groups is 1. The first kappa shape index (κ1) is 11.3. The predicted molar refractivity (Wildman–Crippen MR) is 66.6 cm³/mol. The third-order valence-electron chi connectivity index (χ3n) is 2.14. The molecule has 1 amide bonds. The summed E-state index contributed by atoms with van der Waals surface area (Å²) in [6.07, 6.45) is 0.440. The average molecular weight is 385 g/mol. The van der Waals surface area contributed by atoms with Gasteiger partial charge in [0.05, 0.1) is 3.57 Å². The van der Waals surface area contributed by atoms with Gasteiger partial charge >= 0.3 is 0 Å². The zero-order valence-corrected chi connectivity index (χ0v) is 11.3. The van der Waals surface area contributed by atoms with Crippen LogP contribution in [0, 0.1) is 9.52 Å². The van der Waals surface area contributed by atoms with E-state index >= 15 is 0 Å². The van der Waals surface area contributed by atoms with E-state index < -0.39 is 5.95 Å². The standard InChI is InChI=1S/C9H7BrFIN2O/c10-5-3-8(15)14(4-5)7-2-1-6(12)9(11)13-7/h1-2,5H,3-4H2. The minimum Gasteiger partial charge on any atom is -0.296 e. The summed E-state index contributed by atoms with van der Waals surface area (Å²) in [6.45, 7) is 0.547. The molecule has 1 saturated heterocycles. The summed E-state index contributed by atoms with van der Waals surface area (Å²) in [7, 11) is 0. The molecule has 0 radical (unpaired) electrons. The Kier molecular flexibility index (Phi) is 3.24. The fourth-order valence-electron chi connectivity index (χ4n) is 1.44. The smallest absolute Gasteiger partial charge is 0.229 e. The van der Waals surface area contributed by atoms with Crippen molar-refractivity contribution in [3.8, 4) is 0 Å². The molecule has 0 bridgehead atoms. The van der Waals surface area contributed by atoms with Gasteiger partial charge in [-0.2, -0.15) is 4.39 Å². The quantitative estimate of drug-likeness (QED) is 0.423. The number of anilines is 1. The molecule has 0 saturated carbocycles. The van der Waals surface area contributed by atoms with E-state index in [4.69, 9.17) is 0 Å². The molecule has 80 valence electrons. The summed E-state index contributed by atoms with van der Waals surface area (Å²) >= 11 is 5.23. The molecule has 1 fully saturated rings. The van der Waals surface area contributed by atoms with Crippen LogP contribution in [0.15, 0.2) is 12.1 Å². The Hall–Kier alpha value is -0.240. The van der Waals surface area contributed by atoms with Gasteiger partial charge in [0, 0.05) is 17.8 Å². The molecule has 1 atom stereocenters. The molecule has 0 aliphatic carbocycles. The van der Waals surface area contributed by atoms with Crippen LogP contribution in [0.3, 0.4) is 0 Å². The van der Waals surface area contributed by atoms with E-state index in [9.17, 15) is 9.18 Å². The molecule has 0 aromatic carbocycles. The number of hydrogen-bond donors (Lipinski definition) is 0. The van der Waals surface area contributed by atoms with Crippen molar-refractivity contribution in [3.05, 3.63) is 21.7 Å². The Morgan fingerprint density at radius 2 is 2.33 bits per heavy atom. The minimum atomic E-state index is -0.529. The molecule has 2 rings (SSSR count). The molecular formula is C9H7BrFIN2O. The maximum atomic E-state index is 13.2. The summed E-state index contributed by atoms with van der Waals surface area (Å²) in [5.74, 6) is -0.163. The van der Waals surface area contributed by atoms with E-state index in [1.54, 1.807) is 12.1 Å². The molecule has 1 aromatic heterocycles. The van der Waals surface area contributed by atoms with E-state index in [1.807, 2.05) is 22.6 Å². The largest absolute Gasteiger partial charge is 0.296 e. The van der Waals surface area contributed by atoms with Crippen LogP contribution >= 0.6 is 38.5 Å². The van der Waals surface area contributed by atoms with Gasteiger partial charge in [-0.1, -0.05) is 15.9 Å². The highest BCUT2D eigenvalue weighted by atomic mass is 127. The second kappa shape index (κ2) is 4.32. The third kappa shape index (κ3) is 2.30. The summed E-state index contributed by atoms with van der Waals surface area (Å²) in [5, 5.41) is 0. The topological polar surface area (TPSA) is 33.2 Å². The van der Waals surface area contributed by atoms with Crippen molar-refractivity contribution in [1.29, 1.82) is 0 Å². The molecule has 2 heterocycles. The first-order valence-corrected chi connectivity index (χ1v) is 6.34. The number of hydrogen-bond acceptors (Lipinski definition) is 2. The van der Waals surface area contributed by atoms with Gasteiger partial charge in [-0.15, -0.1) is 0 Å². The van der Waals surface area contributed by atoms with Gasteiger partial charge in [-0.3, -0.25) is 9.69 Å². The van der Waals surface area contributed by atoms with E-state index in [2.05, 4.69) is 20.9 Å². The summed E-state index contributed by atoms with van der Waals surface area (Å²) in [6, 6.07) is 3.28. The fraction of sp³-hybridized carbons (Fsp3) is 0.333. The normalized spacial score (nSPS) is 21.1. The van der Waals surface area contributed by atoms with Gasteiger partial charge in [0.15, 0.2) is 0 Å². The summed E-state index contributed by atoms with van der Waals surface area (Å²) < 4.78 is 13.6. The molecule has 3 nitrogen and oxygen atoms in total. The Labute approximate surface area is 108 Å². The molecular weight excluding hydrogens is 378 g/mol. The second-order valence-electron chi connectivity index (χ2n) is 3.25. The average Bonchev–Trinajstić information content (AvgIpc) is 2.50. The Balaban J connectivity index is 2.30. The highest BCUT2D eigenvalue weighted by Gasteiger charge is 2.29. The number of halogens is 3. The number of aromatic nitrogens is 1. The van der Waals surface area contributed by atoms with Crippen LogP contribution in [-0.2, 0) is 4.79 Å². The van der Waals surface area contributed by atoms with E-state index in [-0.39, 0.29) is 10.7 Å². The van der Waals surface area contributed by atoms with Crippen molar-refractivity contribution in [1.82, 2.24) is 4.98 Å². The molecule has 6 heteroatoms. The van der Waals surface area contributed by atoms with E-state index in [0.29, 0.717) is 22.4 Å². The lowest BCUT2D eigenvalue weighted by atomic mass is 10.4. The summed E-state index contributed by atoms with van der Waals surface area (Å²) in [5.41, 5.74) is 0. The number of carbonyl (C=O) groups excluding carboxylic acids is 1. The molecule has 1 aliphatic heterocycles. The van der Waals surface area contributed by atoms with Crippen LogP contribution in [0.4, 0.5) is 10.2 Å². The lowest BCUT2D eigenvalue weighted by Crippen LogP contribution is -2.25. The fourth-order valence-corrected chi connectivity index (χ4v) is 2.31. The maximum absolute atomic E-state index is 13.2. The van der Waals surface area contributed by atoms with Crippen molar-refractivity contribution >= 4 is 50.2 Å². The number of rotatable bonds is 1. The monoisotopic (exact) mass is 384 g/mol. The Morgan fingerprint density at radius 1 is 1.60 bits per heavy atom. The zero-order valence-electron chi connectivity index (χ0n) is 7.58. The second-order valence-corrected chi connectivity index (χ2v) is 5.70. The van der Waals surface area contributed by atoms with Crippen LogP contribution < -0.4 is 4.90 Å². The minimum absolute atomic E-state index is 0.0232. The van der Waals surface area contributed by atoms with Crippen LogP contribution in [0.2, 0.25) is 0 Å². The van der Waals surface area contributed by atoms with Crippen molar-refractivity contribution in [3.63, 3.8) is 0 Å². The molecule has 1 unspecified atom stereocenters. The van der Waals surface area contributed by atoms with Crippen molar-refractivity contribution in [2.24, 2.45) is 0 Å². The van der Waals surface area contributed by atoms with Gasteiger partial charge in [-0.05, 0) is 34.7 Å². The lowest BCUT2D eigenvalue weighted by Gasteiger charge is -2.14. The Bertz CT molecular complexity index is 415. The highest BCUT2D eigenvalue weighted by molar-refractivity contribution is 14.1. The van der Waals surface area contributed by atoms with Crippen molar-refractivity contribution in [2.75, 3.05) is 11.4 Å². The number of amides is 1. The van der Waals surface area contributed by atoms with Gasteiger partial charge in [0.2, 0.25) is 11.9 Å². The third-order valence-corrected chi connectivity index (χ3v) is 3.56. The summed E-state index contributed by atoms with van der Waals surface area (Å²) in [4.78, 5) is 16.9. The molecule has 0 N–H and O–H groups in total. The van der Waals surface area contributed by atoms with Gasteiger partial charge < -0.3 is 0 Å². The number of alkyl halides is 1. The van der Waals surface area contributed by atoms with Crippen molar-refractivity contribution in [2.45, 2.75) is 11.2 Å². The zero-order chi connectivity index (χ0) is 11.0. The molecule has 1 aromatic rings. The van der Waals surface area contributed by atoms with Crippen LogP contribution in [0.1, 0.15) is 6.42 Å². The van der Waals surface area contributed by atoms with Gasteiger partial charge in [0.25, 0.3) is 0 Å². The number of nitrogens with zero attached hydrogens (tertiary/aromatic N) is 2. The number of pyridine rings is 1. The van der Waals surface area contributed by atoms with E-state index in [0.717, 1.165) is 0 Å².